The molecule has 3 rings (SSSR count). The number of ether oxygens (including phenoxy) is 1. The molecule has 1 aromatic rings. The number of nitrogens with one attached hydrogen (secondary N) is 1. The van der Waals surface area contributed by atoms with Crippen LogP contribution in [-0.4, -0.2) is 49.3 Å². The number of halogens is 1. The van der Waals surface area contributed by atoms with E-state index in [0.29, 0.717) is 18.2 Å². The first-order chi connectivity index (χ1) is 10.3. The molecular weight excluding hydrogens is 328 g/mol. The Kier molecular flexibility index (Phi) is 5.33. The fourth-order valence-corrected chi connectivity index (χ4v) is 4.05. The Balaban J connectivity index is 1.66. The van der Waals surface area contributed by atoms with Crippen molar-refractivity contribution in [2.45, 2.75) is 44.4 Å². The van der Waals surface area contributed by atoms with Crippen LogP contribution in [0.15, 0.2) is 28.7 Å². The Bertz CT molecular complexity index is 468. The van der Waals surface area contributed by atoms with Crippen molar-refractivity contribution >= 4 is 15.9 Å². The maximum atomic E-state index is 6.19. The fraction of sp³-hybridized carbons (Fsp3) is 0.647. The smallest absolute Gasteiger partial charge is 0.0858 e. The number of nitrogens with zero attached hydrogens (tertiary/aromatic N) is 1. The molecule has 2 fully saturated rings. The van der Waals surface area contributed by atoms with Crippen molar-refractivity contribution in [3.05, 3.63) is 34.3 Å². The Morgan fingerprint density at radius 2 is 2.38 bits per heavy atom. The van der Waals surface area contributed by atoms with Gasteiger partial charge >= 0.3 is 0 Å². The maximum absolute atomic E-state index is 6.19. The standard InChI is InChI=1S/C17H25BrN2O/c1-2-19-16(10-13-5-3-6-14(18)9-13)17-11-20-8-4-7-15(20)12-21-17/h3,5-6,9,15-17,19H,2,4,7-8,10-12H2,1H3. The minimum Gasteiger partial charge on any atom is -0.374 e. The number of morpholine rings is 1. The molecule has 0 spiro atoms. The summed E-state index contributed by atoms with van der Waals surface area (Å²) in [6, 6.07) is 9.68. The van der Waals surface area contributed by atoms with E-state index in [1.54, 1.807) is 0 Å². The van der Waals surface area contributed by atoms with Gasteiger partial charge in [0, 0.05) is 23.1 Å². The molecule has 3 nitrogen and oxygen atoms in total. The minimum absolute atomic E-state index is 0.304. The number of hydrogen-bond acceptors (Lipinski definition) is 3. The van der Waals surface area contributed by atoms with Crippen LogP contribution in [0.3, 0.4) is 0 Å². The van der Waals surface area contributed by atoms with Crippen molar-refractivity contribution in [3.8, 4) is 0 Å². The van der Waals surface area contributed by atoms with Gasteiger partial charge in [0.25, 0.3) is 0 Å². The third-order valence-corrected chi connectivity index (χ3v) is 5.17. The van der Waals surface area contributed by atoms with E-state index in [4.69, 9.17) is 4.74 Å². The molecule has 0 saturated carbocycles. The van der Waals surface area contributed by atoms with E-state index >= 15 is 0 Å². The van der Waals surface area contributed by atoms with Crippen LogP contribution in [0.1, 0.15) is 25.3 Å². The molecule has 21 heavy (non-hydrogen) atoms. The number of likely N-dealkylation sites (N-methyl/N-ethyl adjacent to an activating group) is 1. The molecule has 0 aliphatic carbocycles. The molecule has 1 N–H and O–H groups in total. The van der Waals surface area contributed by atoms with E-state index in [0.717, 1.165) is 30.6 Å². The average Bonchev–Trinajstić information content (AvgIpc) is 2.94. The van der Waals surface area contributed by atoms with Gasteiger partial charge in [0.2, 0.25) is 0 Å². The Morgan fingerprint density at radius 1 is 1.48 bits per heavy atom. The first-order valence-corrected chi connectivity index (χ1v) is 8.89. The highest BCUT2D eigenvalue weighted by atomic mass is 79.9. The van der Waals surface area contributed by atoms with Crippen molar-refractivity contribution in [3.63, 3.8) is 0 Å². The number of benzene rings is 1. The van der Waals surface area contributed by atoms with Gasteiger partial charge in [0.05, 0.1) is 12.7 Å². The number of rotatable bonds is 5. The Labute approximate surface area is 136 Å². The molecule has 4 heteroatoms. The van der Waals surface area contributed by atoms with Crippen molar-refractivity contribution in [1.82, 2.24) is 10.2 Å². The third-order valence-electron chi connectivity index (χ3n) is 4.68. The van der Waals surface area contributed by atoms with Gasteiger partial charge in [-0.25, -0.2) is 0 Å². The molecule has 0 aromatic heterocycles. The zero-order chi connectivity index (χ0) is 14.7. The summed E-state index contributed by atoms with van der Waals surface area (Å²) >= 11 is 3.56. The van der Waals surface area contributed by atoms with E-state index < -0.39 is 0 Å². The molecule has 2 aliphatic rings. The predicted molar refractivity (Wildman–Crippen MR) is 89.6 cm³/mol. The first-order valence-electron chi connectivity index (χ1n) is 8.09. The highest BCUT2D eigenvalue weighted by molar-refractivity contribution is 9.10. The summed E-state index contributed by atoms with van der Waals surface area (Å²) in [6.45, 7) is 6.40. The van der Waals surface area contributed by atoms with Gasteiger partial charge in [0.1, 0.15) is 0 Å². The van der Waals surface area contributed by atoms with Gasteiger partial charge in [-0.3, -0.25) is 4.90 Å². The second kappa shape index (κ2) is 7.23. The van der Waals surface area contributed by atoms with Gasteiger partial charge in [-0.1, -0.05) is 35.0 Å². The molecule has 0 amide bonds. The zero-order valence-corrected chi connectivity index (χ0v) is 14.3. The lowest BCUT2D eigenvalue weighted by atomic mass is 9.99. The lowest BCUT2D eigenvalue weighted by Gasteiger charge is -2.39. The minimum atomic E-state index is 0.304. The summed E-state index contributed by atoms with van der Waals surface area (Å²) in [4.78, 5) is 2.62. The van der Waals surface area contributed by atoms with Crippen LogP contribution in [0.5, 0.6) is 0 Å². The van der Waals surface area contributed by atoms with Crippen molar-refractivity contribution in [2.24, 2.45) is 0 Å². The fourth-order valence-electron chi connectivity index (χ4n) is 3.60. The number of hydrogen-bond donors (Lipinski definition) is 1. The molecule has 1 aromatic carbocycles. The number of fused-ring (bicyclic) bond motifs is 1. The Hall–Kier alpha value is -0.420. The molecule has 3 unspecified atom stereocenters. The van der Waals surface area contributed by atoms with E-state index in [-0.39, 0.29) is 0 Å². The van der Waals surface area contributed by atoms with E-state index in [1.165, 1.54) is 24.9 Å². The maximum Gasteiger partial charge on any atom is 0.0858 e. The summed E-state index contributed by atoms with van der Waals surface area (Å²) in [7, 11) is 0. The zero-order valence-electron chi connectivity index (χ0n) is 12.7. The van der Waals surface area contributed by atoms with Crippen LogP contribution in [0.4, 0.5) is 0 Å². The highest BCUT2D eigenvalue weighted by Gasteiger charge is 2.35. The molecule has 3 atom stereocenters. The predicted octanol–water partition coefficient (Wildman–Crippen LogP) is 2.83. The summed E-state index contributed by atoms with van der Waals surface area (Å²) in [5.41, 5.74) is 1.36. The van der Waals surface area contributed by atoms with Crippen molar-refractivity contribution in [1.29, 1.82) is 0 Å². The topological polar surface area (TPSA) is 24.5 Å². The van der Waals surface area contributed by atoms with Crippen LogP contribution < -0.4 is 5.32 Å². The lowest BCUT2D eigenvalue weighted by molar-refractivity contribution is -0.0641. The van der Waals surface area contributed by atoms with Gasteiger partial charge in [-0.15, -0.1) is 0 Å². The van der Waals surface area contributed by atoms with Crippen molar-refractivity contribution in [2.75, 3.05) is 26.2 Å². The molecular formula is C17H25BrN2O. The normalized spacial score (nSPS) is 27.5. The average molecular weight is 353 g/mol. The van der Waals surface area contributed by atoms with Gasteiger partial charge in [-0.2, -0.15) is 0 Å². The van der Waals surface area contributed by atoms with Crippen LogP contribution >= 0.6 is 15.9 Å². The molecule has 2 saturated heterocycles. The summed E-state index contributed by atoms with van der Waals surface area (Å²) in [5.74, 6) is 0. The molecule has 0 bridgehead atoms. The summed E-state index contributed by atoms with van der Waals surface area (Å²) < 4.78 is 7.35. The van der Waals surface area contributed by atoms with Gasteiger partial charge in [-0.05, 0) is 50.0 Å². The lowest BCUT2D eigenvalue weighted by Crippen LogP contribution is -2.54. The van der Waals surface area contributed by atoms with E-state index in [2.05, 4.69) is 57.3 Å². The third kappa shape index (κ3) is 3.86. The van der Waals surface area contributed by atoms with Crippen LogP contribution in [0.25, 0.3) is 0 Å². The summed E-state index contributed by atoms with van der Waals surface area (Å²) in [5, 5.41) is 3.63. The molecule has 2 aliphatic heterocycles. The largest absolute Gasteiger partial charge is 0.374 e. The molecule has 2 heterocycles. The summed E-state index contributed by atoms with van der Waals surface area (Å²) in [6.07, 6.45) is 3.97. The van der Waals surface area contributed by atoms with Crippen LogP contribution in [-0.2, 0) is 11.2 Å². The van der Waals surface area contributed by atoms with Crippen LogP contribution in [0, 0.1) is 0 Å². The first kappa shape index (κ1) is 15.5. The quantitative estimate of drug-likeness (QED) is 0.881. The van der Waals surface area contributed by atoms with Gasteiger partial charge < -0.3 is 10.1 Å². The van der Waals surface area contributed by atoms with E-state index in [9.17, 15) is 0 Å². The monoisotopic (exact) mass is 352 g/mol. The second-order valence-corrected chi connectivity index (χ2v) is 7.08. The SMILES string of the molecule is CCNC(Cc1cccc(Br)c1)C1CN2CCCC2CO1. The van der Waals surface area contributed by atoms with E-state index in [1.807, 2.05) is 0 Å². The molecule has 116 valence electrons. The highest BCUT2D eigenvalue weighted by Crippen LogP contribution is 2.25. The molecule has 0 radical (unpaired) electrons. The van der Waals surface area contributed by atoms with Gasteiger partial charge in [0.15, 0.2) is 0 Å². The van der Waals surface area contributed by atoms with Crippen molar-refractivity contribution < 1.29 is 4.74 Å². The Morgan fingerprint density at radius 3 is 3.19 bits per heavy atom. The van der Waals surface area contributed by atoms with Crippen LogP contribution in [0.2, 0.25) is 0 Å². The second-order valence-electron chi connectivity index (χ2n) is 6.16.